The van der Waals surface area contributed by atoms with Gasteiger partial charge in [0.2, 0.25) is 0 Å². The van der Waals surface area contributed by atoms with Crippen LogP contribution in [-0.4, -0.2) is 11.9 Å². The van der Waals surface area contributed by atoms with E-state index in [2.05, 4.69) is 43.8 Å². The number of hydrogen-bond donors (Lipinski definition) is 0. The lowest BCUT2D eigenvalue weighted by atomic mass is 9.61. The van der Waals surface area contributed by atoms with Crippen molar-refractivity contribution in [1.82, 2.24) is 4.90 Å². The molecule has 98 valence electrons. The van der Waals surface area contributed by atoms with Crippen LogP contribution in [0.1, 0.15) is 39.0 Å². The second-order valence-corrected chi connectivity index (χ2v) is 5.76. The SMILES string of the molecule is C=C/C(Cl)=C1/C=CC(C2(CCC)CCC2)=CN1C. The molecule has 1 nitrogen and oxygen atoms in total. The largest absolute Gasteiger partial charge is 0.350 e. The van der Waals surface area contributed by atoms with Crippen LogP contribution in [0.3, 0.4) is 0 Å². The first-order valence-corrected chi connectivity index (χ1v) is 7.16. The van der Waals surface area contributed by atoms with E-state index in [1.807, 2.05) is 0 Å². The third-order valence-corrected chi connectivity index (χ3v) is 4.56. The van der Waals surface area contributed by atoms with E-state index >= 15 is 0 Å². The molecule has 1 heterocycles. The first-order chi connectivity index (χ1) is 8.63. The van der Waals surface area contributed by atoms with Gasteiger partial charge in [-0.1, -0.05) is 44.0 Å². The maximum absolute atomic E-state index is 6.15. The summed E-state index contributed by atoms with van der Waals surface area (Å²) >= 11 is 6.15. The van der Waals surface area contributed by atoms with Crippen LogP contribution in [-0.2, 0) is 0 Å². The molecule has 18 heavy (non-hydrogen) atoms. The Hall–Kier alpha value is -0.950. The topological polar surface area (TPSA) is 3.24 Å². The quantitative estimate of drug-likeness (QED) is 0.692. The molecule has 0 saturated heterocycles. The number of hydrogen-bond acceptors (Lipinski definition) is 1. The van der Waals surface area contributed by atoms with Gasteiger partial charge in [0.25, 0.3) is 0 Å². The zero-order chi connectivity index (χ0) is 13.2. The summed E-state index contributed by atoms with van der Waals surface area (Å²) in [7, 11) is 2.06. The summed E-state index contributed by atoms with van der Waals surface area (Å²) in [5.41, 5.74) is 2.93. The van der Waals surface area contributed by atoms with Crippen LogP contribution in [0.15, 0.2) is 47.3 Å². The number of likely N-dealkylation sites (N-methyl/N-ethyl adjacent to an activating group) is 1. The van der Waals surface area contributed by atoms with E-state index in [9.17, 15) is 0 Å². The lowest BCUT2D eigenvalue weighted by Crippen LogP contribution is -2.33. The Kier molecular flexibility index (Phi) is 4.01. The van der Waals surface area contributed by atoms with Crippen molar-refractivity contribution < 1.29 is 0 Å². The first kappa shape index (κ1) is 13.5. The lowest BCUT2D eigenvalue weighted by Gasteiger charge is -2.45. The minimum atomic E-state index is 0.436. The third-order valence-electron chi connectivity index (χ3n) is 4.21. The van der Waals surface area contributed by atoms with Crippen molar-refractivity contribution in [2.75, 3.05) is 7.05 Å². The average Bonchev–Trinajstić information content (AvgIpc) is 2.32. The first-order valence-electron chi connectivity index (χ1n) is 6.78. The highest BCUT2D eigenvalue weighted by Crippen LogP contribution is 2.51. The molecule has 0 amide bonds. The van der Waals surface area contributed by atoms with Crippen molar-refractivity contribution in [3.05, 3.63) is 47.3 Å². The molecule has 2 rings (SSSR count). The highest BCUT2D eigenvalue weighted by molar-refractivity contribution is 6.31. The Balaban J connectivity index is 2.24. The van der Waals surface area contributed by atoms with Crippen molar-refractivity contribution in [2.24, 2.45) is 5.41 Å². The summed E-state index contributed by atoms with van der Waals surface area (Å²) in [5, 5.41) is 0.710. The smallest absolute Gasteiger partial charge is 0.0636 e. The summed E-state index contributed by atoms with van der Waals surface area (Å²) in [6.07, 6.45) is 14.9. The highest BCUT2D eigenvalue weighted by atomic mass is 35.5. The molecular formula is C16H22ClN. The fourth-order valence-electron chi connectivity index (χ4n) is 3.04. The zero-order valence-corrected chi connectivity index (χ0v) is 12.1. The third kappa shape index (κ3) is 2.29. The fourth-order valence-corrected chi connectivity index (χ4v) is 3.24. The van der Waals surface area contributed by atoms with Gasteiger partial charge < -0.3 is 4.90 Å². The minimum Gasteiger partial charge on any atom is -0.350 e. The molecule has 2 heteroatoms. The van der Waals surface area contributed by atoms with Crippen LogP contribution in [0.4, 0.5) is 0 Å². The van der Waals surface area contributed by atoms with Crippen LogP contribution in [0.2, 0.25) is 0 Å². The molecule has 0 radical (unpaired) electrons. The standard InChI is InChI=1S/C16H22ClN/c1-4-9-16(10-6-11-16)13-7-8-15(14(17)5-2)18(3)12-13/h5,7-8,12H,2,4,6,9-11H2,1,3H3/b15-14+. The number of rotatable bonds is 4. The lowest BCUT2D eigenvalue weighted by molar-refractivity contribution is 0.170. The monoisotopic (exact) mass is 263 g/mol. The van der Waals surface area contributed by atoms with Crippen molar-refractivity contribution in [1.29, 1.82) is 0 Å². The molecule has 0 aromatic carbocycles. The van der Waals surface area contributed by atoms with Gasteiger partial charge in [-0.3, -0.25) is 0 Å². The van der Waals surface area contributed by atoms with Crippen molar-refractivity contribution >= 4 is 11.6 Å². The Labute approximate surface area is 116 Å². The van der Waals surface area contributed by atoms with Gasteiger partial charge in [-0.05, 0) is 42.4 Å². The van der Waals surface area contributed by atoms with Crippen LogP contribution in [0.25, 0.3) is 0 Å². The van der Waals surface area contributed by atoms with Crippen molar-refractivity contribution in [2.45, 2.75) is 39.0 Å². The number of halogens is 1. The highest BCUT2D eigenvalue weighted by Gasteiger charge is 2.39. The van der Waals surface area contributed by atoms with E-state index in [0.29, 0.717) is 10.4 Å². The van der Waals surface area contributed by atoms with E-state index in [0.717, 1.165) is 5.70 Å². The van der Waals surface area contributed by atoms with Gasteiger partial charge >= 0.3 is 0 Å². The molecule has 0 aromatic rings. The van der Waals surface area contributed by atoms with E-state index in [-0.39, 0.29) is 0 Å². The number of nitrogens with zero attached hydrogens (tertiary/aromatic N) is 1. The van der Waals surface area contributed by atoms with Gasteiger partial charge in [0.1, 0.15) is 0 Å². The summed E-state index contributed by atoms with van der Waals surface area (Å²) in [6.45, 7) is 6.00. The van der Waals surface area contributed by atoms with Gasteiger partial charge in [0.05, 0.1) is 10.7 Å². The Bertz CT molecular complexity index is 424. The van der Waals surface area contributed by atoms with Gasteiger partial charge in [-0.2, -0.15) is 0 Å². The van der Waals surface area contributed by atoms with Gasteiger partial charge in [0.15, 0.2) is 0 Å². The second kappa shape index (κ2) is 5.36. The molecular weight excluding hydrogens is 242 g/mol. The molecule has 0 bridgehead atoms. The predicted octanol–water partition coefficient (Wildman–Crippen LogP) is 4.98. The van der Waals surface area contributed by atoms with E-state index < -0.39 is 0 Å². The van der Waals surface area contributed by atoms with Crippen LogP contribution < -0.4 is 0 Å². The van der Waals surface area contributed by atoms with Crippen molar-refractivity contribution in [3.63, 3.8) is 0 Å². The molecule has 1 fully saturated rings. The molecule has 0 N–H and O–H groups in total. The Morgan fingerprint density at radius 3 is 2.67 bits per heavy atom. The van der Waals surface area contributed by atoms with E-state index in [1.54, 1.807) is 6.08 Å². The summed E-state index contributed by atoms with van der Waals surface area (Å²) in [4.78, 5) is 2.12. The summed E-state index contributed by atoms with van der Waals surface area (Å²) < 4.78 is 0. The van der Waals surface area contributed by atoms with E-state index in [4.69, 9.17) is 11.6 Å². The Morgan fingerprint density at radius 1 is 1.50 bits per heavy atom. The normalized spacial score (nSPS) is 24.4. The summed E-state index contributed by atoms with van der Waals surface area (Å²) in [5.74, 6) is 0. The Morgan fingerprint density at radius 2 is 2.22 bits per heavy atom. The van der Waals surface area contributed by atoms with Gasteiger partial charge in [-0.25, -0.2) is 0 Å². The molecule has 0 aromatic heterocycles. The zero-order valence-electron chi connectivity index (χ0n) is 11.4. The summed E-state index contributed by atoms with van der Waals surface area (Å²) in [6, 6.07) is 0. The van der Waals surface area contributed by atoms with E-state index in [1.165, 1.54) is 37.7 Å². The maximum atomic E-state index is 6.15. The molecule has 0 unspecified atom stereocenters. The molecule has 0 spiro atoms. The van der Waals surface area contributed by atoms with Crippen LogP contribution in [0.5, 0.6) is 0 Å². The minimum absolute atomic E-state index is 0.436. The molecule has 1 saturated carbocycles. The molecule has 1 aliphatic heterocycles. The van der Waals surface area contributed by atoms with Crippen molar-refractivity contribution in [3.8, 4) is 0 Å². The maximum Gasteiger partial charge on any atom is 0.0636 e. The van der Waals surface area contributed by atoms with Crippen LogP contribution >= 0.6 is 11.6 Å². The average molecular weight is 264 g/mol. The number of allylic oxidation sites excluding steroid dienone is 5. The molecule has 0 atom stereocenters. The second-order valence-electron chi connectivity index (χ2n) is 5.35. The van der Waals surface area contributed by atoms with Gasteiger partial charge in [0, 0.05) is 13.2 Å². The van der Waals surface area contributed by atoms with Crippen LogP contribution in [0, 0.1) is 5.41 Å². The van der Waals surface area contributed by atoms with Gasteiger partial charge in [-0.15, -0.1) is 0 Å². The predicted molar refractivity (Wildman–Crippen MR) is 79.3 cm³/mol. The molecule has 2 aliphatic rings. The fraction of sp³-hybridized carbons (Fsp3) is 0.500. The molecule has 1 aliphatic carbocycles.